The van der Waals surface area contributed by atoms with E-state index in [1.807, 2.05) is 13.0 Å². The van der Waals surface area contributed by atoms with E-state index < -0.39 is 5.91 Å². The van der Waals surface area contributed by atoms with E-state index >= 15 is 0 Å². The van der Waals surface area contributed by atoms with Crippen molar-refractivity contribution in [2.75, 3.05) is 5.32 Å². The van der Waals surface area contributed by atoms with Crippen LogP contribution in [0.1, 0.15) is 23.0 Å². The molecule has 3 aromatic heterocycles. The Morgan fingerprint density at radius 1 is 1.32 bits per heavy atom. The number of amides is 1. The maximum atomic E-state index is 11.1. The van der Waals surface area contributed by atoms with Crippen LogP contribution in [-0.4, -0.2) is 31.5 Å². The zero-order valence-corrected chi connectivity index (χ0v) is 14.3. The molecular formula is C17H17ClN6O. The second kappa shape index (κ2) is 7.31. The van der Waals surface area contributed by atoms with Crippen LogP contribution in [0, 0.1) is 0 Å². The van der Waals surface area contributed by atoms with Crippen molar-refractivity contribution >= 4 is 23.5 Å². The molecule has 0 spiro atoms. The summed E-state index contributed by atoms with van der Waals surface area (Å²) in [5.74, 6) is 0.0329. The minimum atomic E-state index is -0.472. The number of anilines is 1. The van der Waals surface area contributed by atoms with Crippen molar-refractivity contribution in [3.05, 3.63) is 65.5 Å². The summed E-state index contributed by atoms with van der Waals surface area (Å²) in [6, 6.07) is 5.33. The number of nitrogens with two attached hydrogens (primary N) is 1. The first kappa shape index (κ1) is 16.9. The molecule has 0 aromatic carbocycles. The molecule has 1 amide bonds. The summed E-state index contributed by atoms with van der Waals surface area (Å²) in [6.07, 6.45) is 9.08. The lowest BCUT2D eigenvalue weighted by molar-refractivity contribution is 0.100. The third-order valence-corrected chi connectivity index (χ3v) is 3.97. The Balaban J connectivity index is 1.65. The molecule has 0 bridgehead atoms. The molecule has 0 aliphatic rings. The SMILES string of the molecule is CC(Cc1ncccc1Cl)Nc1ncc(-n2ccc(C(N)=O)c2)cn1. The Morgan fingerprint density at radius 3 is 2.72 bits per heavy atom. The van der Waals surface area contributed by atoms with Gasteiger partial charge in [0, 0.05) is 31.1 Å². The van der Waals surface area contributed by atoms with Crippen molar-refractivity contribution in [3.63, 3.8) is 0 Å². The highest BCUT2D eigenvalue weighted by Crippen LogP contribution is 2.15. The summed E-state index contributed by atoms with van der Waals surface area (Å²) in [7, 11) is 0. The Labute approximate surface area is 149 Å². The van der Waals surface area contributed by atoms with Crippen LogP contribution in [0.3, 0.4) is 0 Å². The van der Waals surface area contributed by atoms with Crippen molar-refractivity contribution in [1.82, 2.24) is 19.5 Å². The highest BCUT2D eigenvalue weighted by Gasteiger charge is 2.10. The Morgan fingerprint density at radius 2 is 2.08 bits per heavy atom. The molecule has 3 rings (SSSR count). The van der Waals surface area contributed by atoms with Gasteiger partial charge in [0.15, 0.2) is 0 Å². The molecule has 1 atom stereocenters. The summed E-state index contributed by atoms with van der Waals surface area (Å²) in [6.45, 7) is 2.01. The van der Waals surface area contributed by atoms with Gasteiger partial charge in [-0.3, -0.25) is 9.78 Å². The first-order chi connectivity index (χ1) is 12.0. The van der Waals surface area contributed by atoms with E-state index in [4.69, 9.17) is 17.3 Å². The average Bonchev–Trinajstić information content (AvgIpc) is 3.08. The van der Waals surface area contributed by atoms with Gasteiger partial charge in [-0.05, 0) is 25.1 Å². The molecule has 0 fully saturated rings. The Kier molecular flexibility index (Phi) is 4.95. The van der Waals surface area contributed by atoms with Crippen LogP contribution >= 0.6 is 11.6 Å². The lowest BCUT2D eigenvalue weighted by atomic mass is 10.1. The van der Waals surface area contributed by atoms with Gasteiger partial charge in [0.05, 0.1) is 34.4 Å². The molecule has 0 aliphatic carbocycles. The van der Waals surface area contributed by atoms with E-state index in [-0.39, 0.29) is 6.04 Å². The topological polar surface area (TPSA) is 98.7 Å². The molecule has 0 radical (unpaired) electrons. The third-order valence-electron chi connectivity index (χ3n) is 3.62. The van der Waals surface area contributed by atoms with Crippen molar-refractivity contribution in [1.29, 1.82) is 0 Å². The maximum Gasteiger partial charge on any atom is 0.250 e. The smallest absolute Gasteiger partial charge is 0.250 e. The Bertz CT molecular complexity index is 877. The number of nitrogens with zero attached hydrogens (tertiary/aromatic N) is 4. The van der Waals surface area contributed by atoms with Gasteiger partial charge in [0.25, 0.3) is 0 Å². The lowest BCUT2D eigenvalue weighted by Gasteiger charge is -2.14. The lowest BCUT2D eigenvalue weighted by Crippen LogP contribution is -2.20. The molecule has 0 saturated heterocycles. The van der Waals surface area contributed by atoms with E-state index in [2.05, 4.69) is 20.3 Å². The molecule has 3 N–H and O–H groups in total. The number of hydrogen-bond acceptors (Lipinski definition) is 5. The number of hydrogen-bond donors (Lipinski definition) is 2. The first-order valence-electron chi connectivity index (χ1n) is 7.69. The summed E-state index contributed by atoms with van der Waals surface area (Å²) in [4.78, 5) is 24.0. The van der Waals surface area contributed by atoms with Crippen LogP contribution in [-0.2, 0) is 6.42 Å². The summed E-state index contributed by atoms with van der Waals surface area (Å²) >= 11 is 6.13. The quantitative estimate of drug-likeness (QED) is 0.706. The Hall–Kier alpha value is -2.93. The second-order valence-corrected chi connectivity index (χ2v) is 6.03. The van der Waals surface area contributed by atoms with Gasteiger partial charge < -0.3 is 15.6 Å². The van der Waals surface area contributed by atoms with Crippen LogP contribution in [0.25, 0.3) is 5.69 Å². The predicted octanol–water partition coefficient (Wildman–Crippen LogP) is 2.46. The molecule has 0 aliphatic heterocycles. The van der Waals surface area contributed by atoms with Gasteiger partial charge >= 0.3 is 0 Å². The highest BCUT2D eigenvalue weighted by molar-refractivity contribution is 6.31. The summed E-state index contributed by atoms with van der Waals surface area (Å²) in [5.41, 5.74) is 7.24. The van der Waals surface area contributed by atoms with Gasteiger partial charge in [-0.15, -0.1) is 0 Å². The van der Waals surface area contributed by atoms with E-state index in [1.165, 1.54) is 0 Å². The molecule has 128 valence electrons. The number of carbonyl (C=O) groups excluding carboxylic acids is 1. The zero-order chi connectivity index (χ0) is 17.8. The number of nitrogens with one attached hydrogen (secondary N) is 1. The van der Waals surface area contributed by atoms with Crippen LogP contribution in [0.2, 0.25) is 5.02 Å². The van der Waals surface area contributed by atoms with Crippen LogP contribution in [0.5, 0.6) is 0 Å². The fourth-order valence-electron chi connectivity index (χ4n) is 2.36. The third kappa shape index (κ3) is 4.13. The van der Waals surface area contributed by atoms with Crippen molar-refractivity contribution in [3.8, 4) is 5.69 Å². The largest absolute Gasteiger partial charge is 0.366 e. The zero-order valence-electron chi connectivity index (χ0n) is 13.6. The first-order valence-corrected chi connectivity index (χ1v) is 8.07. The van der Waals surface area contributed by atoms with Gasteiger partial charge in [0.1, 0.15) is 0 Å². The van der Waals surface area contributed by atoms with Gasteiger partial charge in [-0.2, -0.15) is 0 Å². The molecular weight excluding hydrogens is 340 g/mol. The number of pyridine rings is 1. The summed E-state index contributed by atoms with van der Waals surface area (Å²) < 4.78 is 1.74. The minimum absolute atomic E-state index is 0.0614. The monoisotopic (exact) mass is 356 g/mol. The van der Waals surface area contributed by atoms with E-state index in [1.54, 1.807) is 47.7 Å². The number of halogens is 1. The molecule has 3 aromatic rings. The van der Waals surface area contributed by atoms with Gasteiger partial charge in [-0.1, -0.05) is 11.6 Å². The number of carbonyl (C=O) groups is 1. The van der Waals surface area contributed by atoms with Gasteiger partial charge in [0.2, 0.25) is 11.9 Å². The van der Waals surface area contributed by atoms with E-state index in [0.717, 1.165) is 11.4 Å². The van der Waals surface area contributed by atoms with Crippen LogP contribution in [0.15, 0.2) is 49.2 Å². The standard InChI is InChI=1S/C17H17ClN6O/c1-11(7-15-14(18)3-2-5-20-15)23-17-21-8-13(9-22-17)24-6-4-12(10-24)16(19)25/h2-6,8-11H,7H2,1H3,(H2,19,25)(H,21,22,23). The number of rotatable bonds is 6. The predicted molar refractivity (Wildman–Crippen MR) is 95.9 cm³/mol. The van der Waals surface area contributed by atoms with Crippen LogP contribution < -0.4 is 11.1 Å². The highest BCUT2D eigenvalue weighted by atomic mass is 35.5. The average molecular weight is 357 g/mol. The number of primary amides is 1. The fraction of sp³-hybridized carbons (Fsp3) is 0.176. The minimum Gasteiger partial charge on any atom is -0.366 e. The molecule has 3 heterocycles. The molecule has 0 saturated carbocycles. The maximum absolute atomic E-state index is 11.1. The van der Waals surface area contributed by atoms with E-state index in [0.29, 0.717) is 23.0 Å². The second-order valence-electron chi connectivity index (χ2n) is 5.62. The number of aromatic nitrogens is 4. The summed E-state index contributed by atoms with van der Waals surface area (Å²) in [5, 5.41) is 3.86. The molecule has 7 nitrogen and oxygen atoms in total. The fourth-order valence-corrected chi connectivity index (χ4v) is 2.56. The normalized spacial score (nSPS) is 11.9. The van der Waals surface area contributed by atoms with Crippen molar-refractivity contribution < 1.29 is 4.79 Å². The molecule has 8 heteroatoms. The van der Waals surface area contributed by atoms with Gasteiger partial charge in [-0.25, -0.2) is 9.97 Å². The molecule has 1 unspecified atom stereocenters. The molecule has 25 heavy (non-hydrogen) atoms. The van der Waals surface area contributed by atoms with Crippen LogP contribution in [0.4, 0.5) is 5.95 Å². The van der Waals surface area contributed by atoms with E-state index in [9.17, 15) is 4.79 Å². The van der Waals surface area contributed by atoms with Crippen molar-refractivity contribution in [2.24, 2.45) is 5.73 Å². The van der Waals surface area contributed by atoms with Crippen molar-refractivity contribution in [2.45, 2.75) is 19.4 Å².